The molecule has 2 rings (SSSR count). The van der Waals surface area contributed by atoms with Gasteiger partial charge in [-0.25, -0.2) is 22.7 Å². The standard InChI is InChI=1S/C17H16ClFN2O5S/c18-12-3-6-14(15(19)9-12)17(23)26-10-16(22)21-8-7-11-1-4-13(5-2-11)27(20,24)25/h1-6,9H,7-8,10H2,(H,21,22)(H2,20,24,25). The Morgan fingerprint density at radius 2 is 1.81 bits per heavy atom. The van der Waals surface area contributed by atoms with Gasteiger partial charge in [0.15, 0.2) is 6.61 Å². The zero-order valence-corrected chi connectivity index (χ0v) is 15.5. The molecule has 1 amide bonds. The summed E-state index contributed by atoms with van der Waals surface area (Å²) < 4.78 is 40.7. The minimum Gasteiger partial charge on any atom is -0.452 e. The highest BCUT2D eigenvalue weighted by Crippen LogP contribution is 2.15. The van der Waals surface area contributed by atoms with Gasteiger partial charge in [0.2, 0.25) is 10.0 Å². The maximum Gasteiger partial charge on any atom is 0.341 e. The first-order valence-electron chi connectivity index (χ1n) is 7.67. The van der Waals surface area contributed by atoms with E-state index in [0.29, 0.717) is 6.42 Å². The molecule has 0 saturated heterocycles. The average Bonchev–Trinajstić information content (AvgIpc) is 2.59. The summed E-state index contributed by atoms with van der Waals surface area (Å²) in [6.45, 7) is -0.328. The van der Waals surface area contributed by atoms with Crippen molar-refractivity contribution >= 4 is 33.5 Å². The topological polar surface area (TPSA) is 116 Å². The average molecular weight is 415 g/mol. The van der Waals surface area contributed by atoms with Crippen LogP contribution in [0.2, 0.25) is 5.02 Å². The molecule has 0 atom stereocenters. The Hall–Kier alpha value is -2.49. The minimum atomic E-state index is -3.75. The fourth-order valence-electron chi connectivity index (χ4n) is 2.11. The number of carbonyl (C=O) groups excluding carboxylic acids is 2. The second kappa shape index (κ2) is 8.94. The zero-order chi connectivity index (χ0) is 20.0. The van der Waals surface area contributed by atoms with Gasteiger partial charge in [-0.2, -0.15) is 0 Å². The number of carbonyl (C=O) groups is 2. The molecular weight excluding hydrogens is 399 g/mol. The smallest absolute Gasteiger partial charge is 0.341 e. The summed E-state index contributed by atoms with van der Waals surface area (Å²) >= 11 is 5.60. The molecular formula is C17H16ClFN2O5S. The van der Waals surface area contributed by atoms with Crippen molar-refractivity contribution in [2.24, 2.45) is 5.14 Å². The Bertz CT molecular complexity index is 948. The number of halogens is 2. The van der Waals surface area contributed by atoms with Crippen LogP contribution in [-0.4, -0.2) is 33.4 Å². The molecule has 0 bridgehead atoms. The summed E-state index contributed by atoms with van der Waals surface area (Å²) in [5.74, 6) is -2.37. The lowest BCUT2D eigenvalue weighted by molar-refractivity contribution is -0.124. The van der Waals surface area contributed by atoms with E-state index in [-0.39, 0.29) is 22.0 Å². The summed E-state index contributed by atoms with van der Waals surface area (Å²) in [7, 11) is -3.75. The third-order valence-corrected chi connectivity index (χ3v) is 4.64. The third kappa shape index (κ3) is 6.31. The van der Waals surface area contributed by atoms with Gasteiger partial charge in [-0.15, -0.1) is 0 Å². The second-order valence-corrected chi connectivity index (χ2v) is 7.49. The Kier molecular flexibility index (Phi) is 6.89. The van der Waals surface area contributed by atoms with Gasteiger partial charge in [-0.3, -0.25) is 4.79 Å². The largest absolute Gasteiger partial charge is 0.452 e. The first-order chi connectivity index (χ1) is 12.7. The maximum absolute atomic E-state index is 13.6. The van der Waals surface area contributed by atoms with Crippen LogP contribution in [0.4, 0.5) is 4.39 Å². The Labute approximate surface area is 160 Å². The predicted molar refractivity (Wildman–Crippen MR) is 96.2 cm³/mol. The van der Waals surface area contributed by atoms with Gasteiger partial charge in [0.05, 0.1) is 10.5 Å². The van der Waals surface area contributed by atoms with Gasteiger partial charge in [0, 0.05) is 11.6 Å². The number of hydrogen-bond acceptors (Lipinski definition) is 5. The molecule has 144 valence electrons. The van der Waals surface area contributed by atoms with Gasteiger partial charge in [0.25, 0.3) is 5.91 Å². The van der Waals surface area contributed by atoms with Crippen molar-refractivity contribution in [3.05, 3.63) is 64.4 Å². The summed E-state index contributed by atoms with van der Waals surface area (Å²) in [5.41, 5.74) is 0.463. The van der Waals surface area contributed by atoms with E-state index in [1.807, 2.05) is 0 Å². The van der Waals surface area contributed by atoms with E-state index in [2.05, 4.69) is 5.32 Å². The van der Waals surface area contributed by atoms with Crippen LogP contribution in [0.15, 0.2) is 47.4 Å². The van der Waals surface area contributed by atoms with Crippen LogP contribution < -0.4 is 10.5 Å². The molecule has 0 saturated carbocycles. The fraction of sp³-hybridized carbons (Fsp3) is 0.176. The molecule has 0 aliphatic carbocycles. The summed E-state index contributed by atoms with van der Waals surface area (Å²) in [6.07, 6.45) is 0.427. The van der Waals surface area contributed by atoms with Crippen molar-refractivity contribution in [2.45, 2.75) is 11.3 Å². The summed E-state index contributed by atoms with van der Waals surface area (Å²) in [5, 5.41) is 7.68. The van der Waals surface area contributed by atoms with Crippen LogP contribution in [0.25, 0.3) is 0 Å². The molecule has 3 N–H and O–H groups in total. The number of benzene rings is 2. The Morgan fingerprint density at radius 3 is 2.41 bits per heavy atom. The van der Waals surface area contributed by atoms with Gasteiger partial charge < -0.3 is 10.1 Å². The van der Waals surface area contributed by atoms with Crippen molar-refractivity contribution < 1.29 is 27.1 Å². The monoisotopic (exact) mass is 414 g/mol. The lowest BCUT2D eigenvalue weighted by Gasteiger charge is -2.08. The molecule has 2 aromatic rings. The molecule has 0 aliphatic rings. The number of amides is 1. The molecule has 0 heterocycles. The van der Waals surface area contributed by atoms with Gasteiger partial charge in [-0.1, -0.05) is 23.7 Å². The first kappa shape index (κ1) is 20.8. The Balaban J connectivity index is 1.77. The van der Waals surface area contributed by atoms with Crippen LogP contribution in [0, 0.1) is 5.82 Å². The predicted octanol–water partition coefficient (Wildman–Crippen LogP) is 1.64. The Morgan fingerprint density at radius 1 is 1.15 bits per heavy atom. The highest BCUT2D eigenvalue weighted by atomic mass is 35.5. The van der Waals surface area contributed by atoms with E-state index in [0.717, 1.165) is 11.6 Å². The van der Waals surface area contributed by atoms with E-state index in [1.54, 1.807) is 12.1 Å². The zero-order valence-electron chi connectivity index (χ0n) is 13.9. The molecule has 0 fully saturated rings. The lowest BCUT2D eigenvalue weighted by atomic mass is 10.1. The molecule has 27 heavy (non-hydrogen) atoms. The highest BCUT2D eigenvalue weighted by molar-refractivity contribution is 7.89. The van der Waals surface area contributed by atoms with Crippen LogP contribution in [0.5, 0.6) is 0 Å². The second-order valence-electron chi connectivity index (χ2n) is 5.49. The van der Waals surface area contributed by atoms with E-state index in [4.69, 9.17) is 21.5 Å². The van der Waals surface area contributed by atoms with E-state index >= 15 is 0 Å². The van der Waals surface area contributed by atoms with Crippen molar-refractivity contribution in [1.29, 1.82) is 0 Å². The van der Waals surface area contributed by atoms with E-state index < -0.39 is 34.3 Å². The summed E-state index contributed by atoms with van der Waals surface area (Å²) in [4.78, 5) is 23.4. The van der Waals surface area contributed by atoms with Crippen molar-refractivity contribution in [1.82, 2.24) is 5.32 Å². The van der Waals surface area contributed by atoms with E-state index in [1.165, 1.54) is 24.3 Å². The number of esters is 1. The molecule has 0 aromatic heterocycles. The third-order valence-electron chi connectivity index (χ3n) is 3.47. The number of rotatable bonds is 7. The molecule has 0 radical (unpaired) electrons. The molecule has 0 aliphatic heterocycles. The SMILES string of the molecule is NS(=O)(=O)c1ccc(CCNC(=O)COC(=O)c2ccc(Cl)cc2F)cc1. The number of sulfonamides is 1. The number of primary sulfonamides is 1. The normalized spacial score (nSPS) is 11.1. The quantitative estimate of drug-likeness (QED) is 0.668. The lowest BCUT2D eigenvalue weighted by Crippen LogP contribution is -2.30. The van der Waals surface area contributed by atoms with E-state index in [9.17, 15) is 22.4 Å². The fourth-order valence-corrected chi connectivity index (χ4v) is 2.78. The number of hydrogen-bond donors (Lipinski definition) is 2. The van der Waals surface area contributed by atoms with Crippen LogP contribution in [-0.2, 0) is 26.0 Å². The van der Waals surface area contributed by atoms with Gasteiger partial charge in [-0.05, 0) is 42.3 Å². The number of ether oxygens (including phenoxy) is 1. The molecule has 0 unspecified atom stereocenters. The molecule has 0 spiro atoms. The van der Waals surface area contributed by atoms with Crippen LogP contribution >= 0.6 is 11.6 Å². The van der Waals surface area contributed by atoms with Crippen LogP contribution in [0.3, 0.4) is 0 Å². The van der Waals surface area contributed by atoms with Gasteiger partial charge in [0.1, 0.15) is 5.82 Å². The van der Waals surface area contributed by atoms with Crippen molar-refractivity contribution in [2.75, 3.05) is 13.2 Å². The number of nitrogens with one attached hydrogen (secondary N) is 1. The first-order valence-corrected chi connectivity index (χ1v) is 9.60. The van der Waals surface area contributed by atoms with Crippen molar-refractivity contribution in [3.63, 3.8) is 0 Å². The molecule has 7 nitrogen and oxygen atoms in total. The highest BCUT2D eigenvalue weighted by Gasteiger charge is 2.15. The van der Waals surface area contributed by atoms with Gasteiger partial charge >= 0.3 is 5.97 Å². The molecule has 10 heteroatoms. The minimum absolute atomic E-state index is 0.00312. The summed E-state index contributed by atoms with van der Waals surface area (Å²) in [6, 6.07) is 9.37. The molecule has 2 aromatic carbocycles. The maximum atomic E-state index is 13.6. The van der Waals surface area contributed by atoms with Crippen molar-refractivity contribution in [3.8, 4) is 0 Å². The number of nitrogens with two attached hydrogens (primary N) is 1. The van der Waals surface area contributed by atoms with Crippen LogP contribution in [0.1, 0.15) is 15.9 Å².